The third-order valence-corrected chi connectivity index (χ3v) is 3.54. The monoisotopic (exact) mass is 238 g/mol. The summed E-state index contributed by atoms with van der Waals surface area (Å²) in [5.41, 5.74) is 10.9. The summed E-state index contributed by atoms with van der Waals surface area (Å²) < 4.78 is 0. The van der Waals surface area contributed by atoms with Crippen LogP contribution in [0.15, 0.2) is 48.5 Å². The van der Waals surface area contributed by atoms with E-state index in [1.807, 2.05) is 6.07 Å². The number of anilines is 2. The molecule has 3 rings (SSSR count). The highest BCUT2D eigenvalue weighted by molar-refractivity contribution is 5.62. The molecule has 0 aliphatic carbocycles. The number of hydrogen-bond donors (Lipinski definition) is 1. The maximum atomic E-state index is 5.91. The lowest BCUT2D eigenvalue weighted by molar-refractivity contribution is 0.691. The Morgan fingerprint density at radius 3 is 2.72 bits per heavy atom. The average Bonchev–Trinajstić information content (AvgIpc) is 2.41. The third-order valence-electron chi connectivity index (χ3n) is 3.54. The van der Waals surface area contributed by atoms with Crippen molar-refractivity contribution < 1.29 is 0 Å². The number of rotatable bonds is 2. The lowest BCUT2D eigenvalue weighted by Gasteiger charge is -2.31. The Labute approximate surface area is 108 Å². The molecule has 18 heavy (non-hydrogen) atoms. The van der Waals surface area contributed by atoms with Gasteiger partial charge in [-0.1, -0.05) is 36.4 Å². The van der Waals surface area contributed by atoms with Gasteiger partial charge in [0.25, 0.3) is 0 Å². The Bertz CT molecular complexity index is 534. The Balaban J connectivity index is 1.89. The van der Waals surface area contributed by atoms with Crippen LogP contribution in [-0.4, -0.2) is 6.54 Å². The maximum Gasteiger partial charge on any atom is 0.0429 e. The predicted octanol–water partition coefficient (Wildman–Crippen LogP) is 3.22. The Kier molecular flexibility index (Phi) is 2.93. The summed E-state index contributed by atoms with van der Waals surface area (Å²) in [5, 5.41) is 0. The van der Waals surface area contributed by atoms with Gasteiger partial charge in [0.2, 0.25) is 0 Å². The minimum absolute atomic E-state index is 0.855. The van der Waals surface area contributed by atoms with Crippen LogP contribution in [0.25, 0.3) is 0 Å². The van der Waals surface area contributed by atoms with E-state index in [0.29, 0.717) is 0 Å². The van der Waals surface area contributed by atoms with Gasteiger partial charge < -0.3 is 10.6 Å². The number of benzene rings is 2. The minimum Gasteiger partial charge on any atom is -0.399 e. The number of aryl methyl sites for hydroxylation is 1. The fourth-order valence-corrected chi connectivity index (χ4v) is 2.64. The third kappa shape index (κ3) is 2.19. The molecule has 2 aromatic carbocycles. The first kappa shape index (κ1) is 11.1. The number of fused-ring (bicyclic) bond motifs is 1. The second-order valence-electron chi connectivity index (χ2n) is 4.90. The summed E-state index contributed by atoms with van der Waals surface area (Å²) >= 11 is 0. The van der Waals surface area contributed by atoms with Gasteiger partial charge in [-0.3, -0.25) is 0 Å². The van der Waals surface area contributed by atoms with Crippen LogP contribution >= 0.6 is 0 Å². The summed E-state index contributed by atoms with van der Waals surface area (Å²) in [6.45, 7) is 2.09. The molecule has 2 aromatic rings. The van der Waals surface area contributed by atoms with Crippen molar-refractivity contribution in [3.05, 3.63) is 59.7 Å². The Morgan fingerprint density at radius 1 is 1.06 bits per heavy atom. The molecule has 0 atom stereocenters. The van der Waals surface area contributed by atoms with Crippen molar-refractivity contribution in [2.45, 2.75) is 19.4 Å². The minimum atomic E-state index is 0.855. The Morgan fingerprint density at radius 2 is 1.89 bits per heavy atom. The van der Waals surface area contributed by atoms with Crippen LogP contribution in [-0.2, 0) is 13.0 Å². The summed E-state index contributed by atoms with van der Waals surface area (Å²) in [6, 6.07) is 16.9. The van der Waals surface area contributed by atoms with Gasteiger partial charge in [0.15, 0.2) is 0 Å². The molecule has 0 fully saturated rings. The van der Waals surface area contributed by atoms with E-state index in [4.69, 9.17) is 5.73 Å². The van der Waals surface area contributed by atoms with Crippen molar-refractivity contribution in [1.82, 2.24) is 0 Å². The molecule has 1 heterocycles. The van der Waals surface area contributed by atoms with Crippen molar-refractivity contribution in [1.29, 1.82) is 0 Å². The molecule has 2 nitrogen and oxygen atoms in total. The van der Waals surface area contributed by atoms with Gasteiger partial charge in [-0.05, 0) is 36.1 Å². The maximum absolute atomic E-state index is 5.91. The van der Waals surface area contributed by atoms with Crippen molar-refractivity contribution in [2.75, 3.05) is 17.2 Å². The van der Waals surface area contributed by atoms with Crippen LogP contribution in [0.1, 0.15) is 17.5 Å². The summed E-state index contributed by atoms with van der Waals surface area (Å²) in [6.07, 6.45) is 2.39. The van der Waals surface area contributed by atoms with Gasteiger partial charge in [-0.15, -0.1) is 0 Å². The fraction of sp³-hybridized carbons (Fsp3) is 0.250. The molecule has 0 spiro atoms. The average molecular weight is 238 g/mol. The molecule has 0 saturated heterocycles. The predicted molar refractivity (Wildman–Crippen MR) is 76.7 cm³/mol. The van der Waals surface area contributed by atoms with Crippen molar-refractivity contribution in [3.63, 3.8) is 0 Å². The SMILES string of the molecule is Nc1ccc2c(c1)N(Cc1ccccc1)CCC2. The van der Waals surface area contributed by atoms with Crippen LogP contribution in [0.3, 0.4) is 0 Å². The van der Waals surface area contributed by atoms with Gasteiger partial charge in [0.1, 0.15) is 0 Å². The first-order valence-electron chi connectivity index (χ1n) is 6.50. The highest BCUT2D eigenvalue weighted by Gasteiger charge is 2.16. The molecule has 0 aromatic heterocycles. The van der Waals surface area contributed by atoms with Crippen LogP contribution in [0.4, 0.5) is 11.4 Å². The largest absolute Gasteiger partial charge is 0.399 e. The van der Waals surface area contributed by atoms with Gasteiger partial charge in [-0.25, -0.2) is 0 Å². The standard InChI is InChI=1S/C16H18N2/c17-15-9-8-14-7-4-10-18(16(14)11-15)12-13-5-2-1-3-6-13/h1-3,5-6,8-9,11H,4,7,10,12,17H2. The fourth-order valence-electron chi connectivity index (χ4n) is 2.64. The lowest BCUT2D eigenvalue weighted by atomic mass is 10.0. The topological polar surface area (TPSA) is 29.3 Å². The van der Waals surface area contributed by atoms with Crippen LogP contribution in [0, 0.1) is 0 Å². The second-order valence-corrected chi connectivity index (χ2v) is 4.90. The van der Waals surface area contributed by atoms with E-state index in [0.717, 1.165) is 18.8 Å². The van der Waals surface area contributed by atoms with E-state index in [1.54, 1.807) is 0 Å². The molecule has 1 aliphatic heterocycles. The zero-order chi connectivity index (χ0) is 12.4. The first-order valence-corrected chi connectivity index (χ1v) is 6.50. The van der Waals surface area contributed by atoms with Crippen molar-refractivity contribution >= 4 is 11.4 Å². The highest BCUT2D eigenvalue weighted by Crippen LogP contribution is 2.30. The number of nitrogen functional groups attached to an aromatic ring is 1. The van der Waals surface area contributed by atoms with Crippen LogP contribution in [0.5, 0.6) is 0 Å². The molecule has 0 bridgehead atoms. The van der Waals surface area contributed by atoms with Gasteiger partial charge in [0.05, 0.1) is 0 Å². The summed E-state index contributed by atoms with van der Waals surface area (Å²) in [5.74, 6) is 0. The molecule has 2 N–H and O–H groups in total. The Hall–Kier alpha value is -1.96. The van der Waals surface area contributed by atoms with E-state index in [9.17, 15) is 0 Å². The zero-order valence-corrected chi connectivity index (χ0v) is 10.5. The zero-order valence-electron chi connectivity index (χ0n) is 10.5. The smallest absolute Gasteiger partial charge is 0.0429 e. The van der Waals surface area contributed by atoms with Gasteiger partial charge in [-0.2, -0.15) is 0 Å². The summed E-state index contributed by atoms with van der Waals surface area (Å²) in [7, 11) is 0. The van der Waals surface area contributed by atoms with Crippen molar-refractivity contribution in [2.24, 2.45) is 0 Å². The highest BCUT2D eigenvalue weighted by atomic mass is 15.1. The molecule has 0 unspecified atom stereocenters. The number of nitrogens with zero attached hydrogens (tertiary/aromatic N) is 1. The van der Waals surface area contributed by atoms with Gasteiger partial charge in [0, 0.05) is 24.5 Å². The molecule has 0 amide bonds. The van der Waals surface area contributed by atoms with E-state index >= 15 is 0 Å². The molecule has 1 aliphatic rings. The molecule has 2 heteroatoms. The van der Waals surface area contributed by atoms with E-state index in [-0.39, 0.29) is 0 Å². The molecule has 0 saturated carbocycles. The van der Waals surface area contributed by atoms with Crippen LogP contribution < -0.4 is 10.6 Å². The van der Waals surface area contributed by atoms with E-state index < -0.39 is 0 Å². The summed E-state index contributed by atoms with van der Waals surface area (Å²) in [4.78, 5) is 2.44. The lowest BCUT2D eigenvalue weighted by Crippen LogP contribution is -2.28. The molecular weight excluding hydrogens is 220 g/mol. The number of hydrogen-bond acceptors (Lipinski definition) is 2. The van der Waals surface area contributed by atoms with Crippen LogP contribution in [0.2, 0.25) is 0 Å². The molecule has 92 valence electrons. The van der Waals surface area contributed by atoms with E-state index in [1.165, 1.54) is 29.7 Å². The molecular formula is C16H18N2. The molecule has 0 radical (unpaired) electrons. The normalized spacial score (nSPS) is 14.3. The number of nitrogens with two attached hydrogens (primary N) is 1. The first-order chi connectivity index (χ1) is 8.83. The van der Waals surface area contributed by atoms with Gasteiger partial charge >= 0.3 is 0 Å². The van der Waals surface area contributed by atoms with Crippen molar-refractivity contribution in [3.8, 4) is 0 Å². The second kappa shape index (κ2) is 4.73. The van der Waals surface area contributed by atoms with E-state index in [2.05, 4.69) is 47.4 Å². The quantitative estimate of drug-likeness (QED) is 0.814.